The van der Waals surface area contributed by atoms with Crippen molar-refractivity contribution in [3.8, 4) is 6.01 Å². The molecule has 42 heavy (non-hydrogen) atoms. The van der Waals surface area contributed by atoms with Crippen LogP contribution in [0.4, 0.5) is 0 Å². The van der Waals surface area contributed by atoms with Crippen LogP contribution in [-0.2, 0) is 11.3 Å². The average molecular weight is 574 g/mol. The minimum atomic E-state index is 0.104. The van der Waals surface area contributed by atoms with Gasteiger partial charge in [-0.25, -0.2) is 9.97 Å². The second-order valence-corrected chi connectivity index (χ2v) is 12.6. The Bertz CT molecular complexity index is 1170. The molecule has 2 aromatic carbocycles. The number of aliphatic hydroxyl groups is 1. The highest BCUT2D eigenvalue weighted by atomic mass is 16.5. The number of benzene rings is 2. The molecule has 3 aromatic rings. The van der Waals surface area contributed by atoms with Crippen molar-refractivity contribution >= 4 is 10.8 Å². The third-order valence-electron chi connectivity index (χ3n) is 9.52. The van der Waals surface area contributed by atoms with Crippen molar-refractivity contribution in [2.45, 2.75) is 102 Å². The fourth-order valence-corrected chi connectivity index (χ4v) is 6.96. The first-order valence-corrected chi connectivity index (χ1v) is 16.6. The quantitative estimate of drug-likeness (QED) is 0.260. The largest absolute Gasteiger partial charge is 0.463 e. The highest BCUT2D eigenvalue weighted by Crippen LogP contribution is 2.29. The third kappa shape index (κ3) is 9.48. The van der Waals surface area contributed by atoms with E-state index in [1.54, 1.807) is 0 Å². The van der Waals surface area contributed by atoms with E-state index < -0.39 is 0 Å². The van der Waals surface area contributed by atoms with E-state index in [9.17, 15) is 0 Å². The molecule has 228 valence electrons. The molecule has 0 radical (unpaired) electrons. The van der Waals surface area contributed by atoms with Crippen LogP contribution in [0.25, 0.3) is 10.8 Å². The van der Waals surface area contributed by atoms with Crippen molar-refractivity contribution in [3.05, 3.63) is 66.0 Å². The highest BCUT2D eigenvalue weighted by Gasteiger charge is 2.28. The monoisotopic (exact) mass is 573 g/mol. The first-order valence-electron chi connectivity index (χ1n) is 16.6. The zero-order valence-electron chi connectivity index (χ0n) is 25.4. The van der Waals surface area contributed by atoms with E-state index in [2.05, 4.69) is 57.7 Å². The zero-order valence-corrected chi connectivity index (χ0v) is 25.4. The van der Waals surface area contributed by atoms with E-state index in [-0.39, 0.29) is 6.10 Å². The Morgan fingerprint density at radius 1 is 0.786 bits per heavy atom. The molecular weight excluding hydrogens is 522 g/mol. The molecule has 0 bridgehead atoms. The number of aromatic nitrogens is 2. The summed E-state index contributed by atoms with van der Waals surface area (Å²) >= 11 is 0. The highest BCUT2D eigenvalue weighted by molar-refractivity contribution is 5.82. The molecule has 3 aliphatic rings. The van der Waals surface area contributed by atoms with Crippen molar-refractivity contribution in [2.75, 3.05) is 26.3 Å². The van der Waals surface area contributed by atoms with Crippen LogP contribution >= 0.6 is 0 Å². The third-order valence-corrected chi connectivity index (χ3v) is 9.52. The molecule has 0 spiro atoms. The molecule has 6 rings (SSSR count). The van der Waals surface area contributed by atoms with Crippen molar-refractivity contribution < 1.29 is 14.6 Å². The van der Waals surface area contributed by atoms with Crippen molar-refractivity contribution in [1.29, 1.82) is 0 Å². The maximum Gasteiger partial charge on any atom is 0.316 e. The van der Waals surface area contributed by atoms with Gasteiger partial charge in [0.25, 0.3) is 0 Å². The molecule has 1 saturated heterocycles. The summed E-state index contributed by atoms with van der Waals surface area (Å²) < 4.78 is 12.3. The Morgan fingerprint density at radius 2 is 1.48 bits per heavy atom. The molecule has 6 nitrogen and oxygen atoms in total. The van der Waals surface area contributed by atoms with Crippen molar-refractivity contribution in [2.24, 2.45) is 11.8 Å². The maximum atomic E-state index is 8.62. The second-order valence-electron chi connectivity index (χ2n) is 12.6. The number of aliphatic hydroxyl groups excluding tert-OH is 1. The number of nitrogens with zero attached hydrogens (tertiary/aromatic N) is 2. The summed E-state index contributed by atoms with van der Waals surface area (Å²) in [5, 5.41) is 14.6. The van der Waals surface area contributed by atoms with Gasteiger partial charge in [-0.3, -0.25) is 0 Å². The SMILES string of the molecule is OCCC1CCCCC1.c1ccc2cc(COC3CNCCC3c3cnc(OCCC4CCCCC4)nc3)ccc2c1. The molecule has 3 fully saturated rings. The van der Waals surface area contributed by atoms with Gasteiger partial charge >= 0.3 is 6.01 Å². The minimum Gasteiger partial charge on any atom is -0.463 e. The number of rotatable bonds is 10. The molecule has 2 unspecified atom stereocenters. The number of nitrogens with one attached hydrogen (secondary N) is 1. The lowest BCUT2D eigenvalue weighted by Gasteiger charge is -2.32. The number of hydrogen-bond acceptors (Lipinski definition) is 6. The van der Waals surface area contributed by atoms with Gasteiger partial charge in [0.2, 0.25) is 0 Å². The van der Waals surface area contributed by atoms with Gasteiger partial charge in [0.1, 0.15) is 0 Å². The van der Waals surface area contributed by atoms with Crippen LogP contribution in [-0.4, -0.2) is 47.5 Å². The summed E-state index contributed by atoms with van der Waals surface area (Å²) in [6, 6.07) is 15.5. The Balaban J connectivity index is 0.000000336. The topological polar surface area (TPSA) is 76.5 Å². The summed E-state index contributed by atoms with van der Waals surface area (Å²) in [5.41, 5.74) is 2.34. The second kappa shape index (κ2) is 16.9. The van der Waals surface area contributed by atoms with Crippen molar-refractivity contribution in [1.82, 2.24) is 15.3 Å². The van der Waals surface area contributed by atoms with Gasteiger partial charge in [-0.15, -0.1) is 0 Å². The van der Waals surface area contributed by atoms with E-state index in [4.69, 9.17) is 14.6 Å². The van der Waals surface area contributed by atoms with Gasteiger partial charge < -0.3 is 19.9 Å². The van der Waals surface area contributed by atoms with E-state index in [1.807, 2.05) is 12.4 Å². The minimum absolute atomic E-state index is 0.104. The van der Waals surface area contributed by atoms with Gasteiger partial charge in [0.15, 0.2) is 0 Å². The van der Waals surface area contributed by atoms with E-state index in [0.717, 1.165) is 56.4 Å². The van der Waals surface area contributed by atoms with Crippen LogP contribution in [0, 0.1) is 11.8 Å². The number of hydrogen-bond donors (Lipinski definition) is 2. The number of ether oxygens (including phenoxy) is 2. The first kappa shape index (κ1) is 30.9. The number of piperidine rings is 1. The Morgan fingerprint density at radius 3 is 2.19 bits per heavy atom. The smallest absolute Gasteiger partial charge is 0.316 e. The first-order chi connectivity index (χ1) is 20.8. The van der Waals surface area contributed by atoms with Gasteiger partial charge in [-0.1, -0.05) is 101 Å². The molecule has 2 N–H and O–H groups in total. The Hall–Kier alpha value is -2.54. The summed E-state index contributed by atoms with van der Waals surface area (Å²) in [7, 11) is 0. The van der Waals surface area contributed by atoms with Gasteiger partial charge in [0.05, 0.1) is 19.3 Å². The molecule has 1 aliphatic heterocycles. The van der Waals surface area contributed by atoms with Gasteiger partial charge in [-0.2, -0.15) is 0 Å². The summed E-state index contributed by atoms with van der Waals surface area (Å²) in [4.78, 5) is 9.03. The molecule has 2 atom stereocenters. The normalized spacial score (nSPS) is 21.9. The lowest BCUT2D eigenvalue weighted by molar-refractivity contribution is 0.0105. The zero-order chi connectivity index (χ0) is 28.8. The molecule has 0 amide bonds. The molecule has 2 heterocycles. The van der Waals surface area contributed by atoms with Crippen LogP contribution in [0.2, 0.25) is 0 Å². The Labute approximate surface area is 252 Å². The van der Waals surface area contributed by atoms with E-state index in [1.165, 1.54) is 80.5 Å². The van der Waals surface area contributed by atoms with Crippen LogP contribution in [0.3, 0.4) is 0 Å². The number of fused-ring (bicyclic) bond motifs is 1. The summed E-state index contributed by atoms with van der Waals surface area (Å²) in [6.07, 6.45) is 20.9. The fourth-order valence-electron chi connectivity index (χ4n) is 6.96. The van der Waals surface area contributed by atoms with Crippen molar-refractivity contribution in [3.63, 3.8) is 0 Å². The average Bonchev–Trinajstić information content (AvgIpc) is 3.06. The molecule has 6 heteroatoms. The maximum absolute atomic E-state index is 8.62. The van der Waals surface area contributed by atoms with Crippen LogP contribution in [0.5, 0.6) is 6.01 Å². The van der Waals surface area contributed by atoms with Gasteiger partial charge in [0, 0.05) is 31.5 Å². The standard InChI is InChI=1S/C28H35N3O2.C8H16O/c1-2-6-21(7-3-1)13-15-32-28-30-17-25(18-31-28)26-12-14-29-19-27(26)33-20-22-10-11-23-8-4-5-9-24(23)16-22;9-7-6-8-4-2-1-3-5-8/h4-5,8-11,16-18,21,26-27,29H,1-3,6-7,12-15,19-20H2;8-9H,1-7H2. The predicted molar refractivity (Wildman–Crippen MR) is 170 cm³/mol. The van der Waals surface area contributed by atoms with E-state index >= 15 is 0 Å². The van der Waals surface area contributed by atoms with E-state index in [0.29, 0.717) is 25.1 Å². The lowest BCUT2D eigenvalue weighted by atomic mass is 9.87. The van der Waals surface area contributed by atoms with Crippen LogP contribution < -0.4 is 10.1 Å². The fraction of sp³-hybridized carbons (Fsp3) is 0.611. The van der Waals surface area contributed by atoms with Crippen LogP contribution in [0.15, 0.2) is 54.9 Å². The van der Waals surface area contributed by atoms with Gasteiger partial charge in [-0.05, 0) is 65.6 Å². The summed E-state index contributed by atoms with van der Waals surface area (Å²) in [5.74, 6) is 1.96. The Kier molecular flexibility index (Phi) is 12.5. The predicted octanol–water partition coefficient (Wildman–Crippen LogP) is 7.59. The molecule has 2 aliphatic carbocycles. The molecular formula is C36H51N3O3. The molecule has 1 aromatic heterocycles. The lowest BCUT2D eigenvalue weighted by Crippen LogP contribution is -2.41. The van der Waals surface area contributed by atoms with Crippen LogP contribution in [0.1, 0.15) is 101 Å². The summed E-state index contributed by atoms with van der Waals surface area (Å²) in [6.45, 7) is 3.55. The molecule has 2 saturated carbocycles.